The molecule has 4 heteroatoms. The lowest BCUT2D eigenvalue weighted by Gasteiger charge is -2.30. The van der Waals surface area contributed by atoms with Crippen molar-refractivity contribution in [1.29, 1.82) is 0 Å². The molecule has 2 atom stereocenters. The lowest BCUT2D eigenvalue weighted by Crippen LogP contribution is -2.43. The van der Waals surface area contributed by atoms with Gasteiger partial charge in [-0.25, -0.2) is 4.79 Å². The molecule has 2 amide bonds. The molecule has 0 fully saturated rings. The number of aliphatic hydroxyl groups excluding tert-OH is 1. The zero-order valence-electron chi connectivity index (χ0n) is 13.8. The zero-order chi connectivity index (χ0) is 16.0. The maximum atomic E-state index is 12.2. The Morgan fingerprint density at radius 2 is 1.86 bits per heavy atom. The number of rotatable bonds is 6. The predicted octanol–water partition coefficient (Wildman–Crippen LogP) is 3.19. The number of hydrogen-bond donors (Lipinski definition) is 2. The van der Waals surface area contributed by atoms with E-state index in [9.17, 15) is 9.90 Å². The van der Waals surface area contributed by atoms with Gasteiger partial charge in [0.05, 0.1) is 12.1 Å². The molecule has 1 aromatic carbocycles. The van der Waals surface area contributed by atoms with Crippen LogP contribution in [0, 0.1) is 5.41 Å². The number of benzene rings is 1. The van der Waals surface area contributed by atoms with Crippen LogP contribution in [0.1, 0.15) is 45.7 Å². The fourth-order valence-corrected chi connectivity index (χ4v) is 2.44. The van der Waals surface area contributed by atoms with Gasteiger partial charge in [0.1, 0.15) is 0 Å². The summed E-state index contributed by atoms with van der Waals surface area (Å²) in [5.74, 6) is 0. The smallest absolute Gasteiger partial charge is 0.317 e. The maximum absolute atomic E-state index is 12.2. The van der Waals surface area contributed by atoms with Crippen LogP contribution in [0.15, 0.2) is 30.3 Å². The largest absolute Gasteiger partial charge is 0.393 e. The van der Waals surface area contributed by atoms with E-state index in [0.29, 0.717) is 13.0 Å². The number of hydrogen-bond acceptors (Lipinski definition) is 2. The Balaban J connectivity index is 2.55. The lowest BCUT2D eigenvalue weighted by atomic mass is 9.87. The highest BCUT2D eigenvalue weighted by atomic mass is 16.3. The number of nitrogens with one attached hydrogen (secondary N) is 1. The van der Waals surface area contributed by atoms with Crippen LogP contribution in [-0.2, 0) is 0 Å². The number of aliphatic hydroxyl groups is 1. The van der Waals surface area contributed by atoms with Crippen molar-refractivity contribution in [1.82, 2.24) is 10.2 Å². The summed E-state index contributed by atoms with van der Waals surface area (Å²) in [4.78, 5) is 13.9. The standard InChI is InChI=1S/C17H28N2O2/c1-13(20)11-17(3,4)12-18-16(21)19(5)14(2)15-9-7-6-8-10-15/h6-10,13-14,20H,11-12H2,1-5H3,(H,18,21). The molecule has 2 unspecified atom stereocenters. The highest BCUT2D eigenvalue weighted by Crippen LogP contribution is 2.22. The van der Waals surface area contributed by atoms with Gasteiger partial charge in [0, 0.05) is 13.6 Å². The topological polar surface area (TPSA) is 52.6 Å². The van der Waals surface area contributed by atoms with E-state index in [-0.39, 0.29) is 23.6 Å². The third-order valence-electron chi connectivity index (χ3n) is 3.75. The van der Waals surface area contributed by atoms with Crippen molar-refractivity contribution in [2.45, 2.75) is 46.3 Å². The van der Waals surface area contributed by atoms with Crippen LogP contribution in [0.25, 0.3) is 0 Å². The minimum atomic E-state index is -0.363. The molecular formula is C17H28N2O2. The molecule has 0 bridgehead atoms. The molecule has 0 aliphatic heterocycles. The molecule has 0 heterocycles. The first-order valence-corrected chi connectivity index (χ1v) is 7.46. The first-order valence-electron chi connectivity index (χ1n) is 7.46. The Morgan fingerprint density at radius 1 is 1.29 bits per heavy atom. The molecule has 118 valence electrons. The van der Waals surface area contributed by atoms with Crippen molar-refractivity contribution in [3.8, 4) is 0 Å². The van der Waals surface area contributed by atoms with Gasteiger partial charge in [-0.1, -0.05) is 44.2 Å². The summed E-state index contributed by atoms with van der Waals surface area (Å²) in [5, 5.41) is 12.4. The Kier molecular flexibility index (Phi) is 6.21. The van der Waals surface area contributed by atoms with E-state index >= 15 is 0 Å². The third-order valence-corrected chi connectivity index (χ3v) is 3.75. The Bertz CT molecular complexity index is 443. The molecule has 0 saturated heterocycles. The number of carbonyl (C=O) groups is 1. The van der Waals surface area contributed by atoms with Gasteiger partial charge in [0.2, 0.25) is 0 Å². The van der Waals surface area contributed by atoms with Gasteiger partial charge in [0.25, 0.3) is 0 Å². The van der Waals surface area contributed by atoms with Crippen molar-refractivity contribution in [3.05, 3.63) is 35.9 Å². The minimum absolute atomic E-state index is 0.0195. The highest BCUT2D eigenvalue weighted by molar-refractivity contribution is 5.74. The van der Waals surface area contributed by atoms with Gasteiger partial charge in [-0.2, -0.15) is 0 Å². The van der Waals surface area contributed by atoms with Crippen molar-refractivity contribution in [3.63, 3.8) is 0 Å². The molecule has 0 radical (unpaired) electrons. The zero-order valence-corrected chi connectivity index (χ0v) is 13.8. The van der Waals surface area contributed by atoms with Crippen molar-refractivity contribution in [2.75, 3.05) is 13.6 Å². The van der Waals surface area contributed by atoms with Crippen LogP contribution >= 0.6 is 0 Å². The second kappa shape index (κ2) is 7.46. The van der Waals surface area contributed by atoms with Gasteiger partial charge in [-0.05, 0) is 31.2 Å². The number of urea groups is 1. The van der Waals surface area contributed by atoms with Gasteiger partial charge < -0.3 is 15.3 Å². The Morgan fingerprint density at radius 3 is 2.38 bits per heavy atom. The van der Waals surface area contributed by atoms with Crippen LogP contribution < -0.4 is 5.32 Å². The number of amides is 2. The van der Waals surface area contributed by atoms with Crippen LogP contribution in [0.4, 0.5) is 4.79 Å². The summed E-state index contributed by atoms with van der Waals surface area (Å²) in [6, 6.07) is 9.88. The Hall–Kier alpha value is -1.55. The first-order chi connectivity index (χ1) is 9.73. The summed E-state index contributed by atoms with van der Waals surface area (Å²) in [6.45, 7) is 8.41. The SMILES string of the molecule is CC(O)CC(C)(C)CNC(=O)N(C)C(C)c1ccccc1. The van der Waals surface area contributed by atoms with Crippen LogP contribution in [0.3, 0.4) is 0 Å². The van der Waals surface area contributed by atoms with E-state index < -0.39 is 0 Å². The van der Waals surface area contributed by atoms with Gasteiger partial charge >= 0.3 is 6.03 Å². The molecule has 0 aliphatic rings. The van der Waals surface area contributed by atoms with Crippen molar-refractivity contribution in [2.24, 2.45) is 5.41 Å². The highest BCUT2D eigenvalue weighted by Gasteiger charge is 2.23. The average molecular weight is 292 g/mol. The van der Waals surface area contributed by atoms with Gasteiger partial charge in [0.15, 0.2) is 0 Å². The van der Waals surface area contributed by atoms with Crippen LogP contribution in [-0.4, -0.2) is 35.7 Å². The Labute approximate surface area is 128 Å². The molecular weight excluding hydrogens is 264 g/mol. The van der Waals surface area contributed by atoms with E-state index in [1.807, 2.05) is 51.1 Å². The molecule has 0 aromatic heterocycles. The molecule has 2 N–H and O–H groups in total. The van der Waals surface area contributed by atoms with Crippen LogP contribution in [0.2, 0.25) is 0 Å². The first kappa shape index (κ1) is 17.5. The molecule has 4 nitrogen and oxygen atoms in total. The summed E-state index contributed by atoms with van der Waals surface area (Å²) < 4.78 is 0. The molecule has 0 saturated carbocycles. The normalized spacial score (nSPS) is 14.4. The fourth-order valence-electron chi connectivity index (χ4n) is 2.44. The summed E-state index contributed by atoms with van der Waals surface area (Å²) in [7, 11) is 1.80. The minimum Gasteiger partial charge on any atom is -0.393 e. The molecule has 0 aliphatic carbocycles. The van der Waals surface area contributed by atoms with E-state index in [2.05, 4.69) is 5.32 Å². The van der Waals surface area contributed by atoms with E-state index in [1.54, 1.807) is 18.9 Å². The summed E-state index contributed by atoms with van der Waals surface area (Å²) in [6.07, 6.45) is 0.295. The van der Waals surface area contributed by atoms with Crippen molar-refractivity contribution < 1.29 is 9.90 Å². The summed E-state index contributed by atoms with van der Waals surface area (Å²) >= 11 is 0. The molecule has 21 heavy (non-hydrogen) atoms. The lowest BCUT2D eigenvalue weighted by molar-refractivity contribution is 0.126. The fraction of sp³-hybridized carbons (Fsp3) is 0.588. The van der Waals surface area contributed by atoms with Gasteiger partial charge in [-0.15, -0.1) is 0 Å². The number of nitrogens with zero attached hydrogens (tertiary/aromatic N) is 1. The monoisotopic (exact) mass is 292 g/mol. The molecule has 1 aromatic rings. The van der Waals surface area contributed by atoms with Gasteiger partial charge in [-0.3, -0.25) is 0 Å². The van der Waals surface area contributed by atoms with Crippen LogP contribution in [0.5, 0.6) is 0 Å². The second-order valence-corrected chi connectivity index (χ2v) is 6.57. The second-order valence-electron chi connectivity index (χ2n) is 6.57. The van der Waals surface area contributed by atoms with Crippen molar-refractivity contribution >= 4 is 6.03 Å². The average Bonchev–Trinajstić information content (AvgIpc) is 2.43. The van der Waals surface area contributed by atoms with E-state index in [1.165, 1.54) is 0 Å². The molecule has 0 spiro atoms. The van der Waals surface area contributed by atoms with E-state index in [4.69, 9.17) is 0 Å². The molecule has 1 rings (SSSR count). The number of carbonyl (C=O) groups excluding carboxylic acids is 1. The predicted molar refractivity (Wildman–Crippen MR) is 86.1 cm³/mol. The quantitative estimate of drug-likeness (QED) is 0.846. The summed E-state index contributed by atoms with van der Waals surface area (Å²) in [5.41, 5.74) is 0.985. The van der Waals surface area contributed by atoms with E-state index in [0.717, 1.165) is 5.56 Å². The third kappa shape index (κ3) is 5.76. The maximum Gasteiger partial charge on any atom is 0.317 e.